The third-order valence-corrected chi connectivity index (χ3v) is 4.73. The number of para-hydroxylation sites is 2. The van der Waals surface area contributed by atoms with Gasteiger partial charge in [-0.3, -0.25) is 9.59 Å². The highest BCUT2D eigenvalue weighted by atomic mass is 32.1. The molecule has 2 N–H and O–H groups in total. The minimum Gasteiger partial charge on any atom is -0.379 e. The van der Waals surface area contributed by atoms with Crippen LogP contribution in [0.15, 0.2) is 29.6 Å². The zero-order valence-electron chi connectivity index (χ0n) is 13.9. The number of nitrogens with zero attached hydrogens (tertiary/aromatic N) is 2. The van der Waals surface area contributed by atoms with Gasteiger partial charge in [-0.2, -0.15) is 0 Å². The van der Waals surface area contributed by atoms with E-state index >= 15 is 0 Å². The van der Waals surface area contributed by atoms with Gasteiger partial charge < -0.3 is 15.5 Å². The van der Waals surface area contributed by atoms with Gasteiger partial charge in [0.2, 0.25) is 5.91 Å². The second kappa shape index (κ2) is 6.60. The lowest BCUT2D eigenvalue weighted by atomic mass is 9.99. The van der Waals surface area contributed by atoms with E-state index in [0.717, 1.165) is 11.4 Å². The maximum absolute atomic E-state index is 13.0. The highest BCUT2D eigenvalue weighted by Crippen LogP contribution is 2.33. The molecule has 2 heterocycles. The number of fused-ring (bicyclic) bond motifs is 1. The first-order valence-electron chi connectivity index (χ1n) is 7.86. The van der Waals surface area contributed by atoms with Crippen LogP contribution in [0.5, 0.6) is 0 Å². The molecule has 0 unspecified atom stereocenters. The average molecular weight is 344 g/mol. The molecule has 1 aromatic heterocycles. The molecule has 0 spiro atoms. The molecular formula is C17H20N4O2S. The Hall–Kier alpha value is -2.41. The summed E-state index contributed by atoms with van der Waals surface area (Å²) in [6.07, 6.45) is 0. The summed E-state index contributed by atoms with van der Waals surface area (Å²) in [5, 5.41) is 8.23. The SMILES string of the molecule is CC(=O)Nc1nc(C(=O)N2C[C@@H](C(C)C)Nc3ccccc32)cs1. The van der Waals surface area contributed by atoms with Gasteiger partial charge in [0.15, 0.2) is 5.13 Å². The Bertz CT molecular complexity index is 771. The van der Waals surface area contributed by atoms with Gasteiger partial charge in [-0.05, 0) is 18.1 Å². The Labute approximate surface area is 144 Å². The fourth-order valence-corrected chi connectivity index (χ4v) is 3.39. The summed E-state index contributed by atoms with van der Waals surface area (Å²) >= 11 is 1.25. The van der Waals surface area contributed by atoms with Gasteiger partial charge >= 0.3 is 0 Å². The number of anilines is 3. The molecule has 6 nitrogen and oxygen atoms in total. The maximum atomic E-state index is 13.0. The van der Waals surface area contributed by atoms with Crippen molar-refractivity contribution in [1.82, 2.24) is 4.98 Å². The van der Waals surface area contributed by atoms with Crippen molar-refractivity contribution in [1.29, 1.82) is 0 Å². The molecule has 0 aliphatic carbocycles. The second-order valence-electron chi connectivity index (χ2n) is 6.15. The number of benzene rings is 1. The van der Waals surface area contributed by atoms with Crippen molar-refractivity contribution in [2.75, 3.05) is 22.1 Å². The monoisotopic (exact) mass is 344 g/mol. The molecule has 0 radical (unpaired) electrons. The molecule has 24 heavy (non-hydrogen) atoms. The standard InChI is InChI=1S/C17H20N4O2S/c1-10(2)13-8-21(15-7-5-4-6-12(15)19-13)16(23)14-9-24-17(20-14)18-11(3)22/h4-7,9-10,13,19H,8H2,1-3H3,(H,18,20,22)/t13-/m0/s1. The van der Waals surface area contributed by atoms with E-state index in [1.807, 2.05) is 24.3 Å². The maximum Gasteiger partial charge on any atom is 0.277 e. The minimum atomic E-state index is -0.198. The topological polar surface area (TPSA) is 74.3 Å². The van der Waals surface area contributed by atoms with Gasteiger partial charge in [-0.1, -0.05) is 26.0 Å². The zero-order valence-corrected chi connectivity index (χ0v) is 14.7. The summed E-state index contributed by atoms with van der Waals surface area (Å²) < 4.78 is 0. The van der Waals surface area contributed by atoms with E-state index in [4.69, 9.17) is 0 Å². The molecular weight excluding hydrogens is 324 g/mol. The van der Waals surface area contributed by atoms with Crippen molar-refractivity contribution < 1.29 is 9.59 Å². The van der Waals surface area contributed by atoms with Gasteiger partial charge in [-0.15, -0.1) is 11.3 Å². The number of hydrogen-bond donors (Lipinski definition) is 2. The predicted octanol–water partition coefficient (Wildman–Crippen LogP) is 3.20. The van der Waals surface area contributed by atoms with Crippen molar-refractivity contribution in [2.24, 2.45) is 5.92 Å². The highest BCUT2D eigenvalue weighted by molar-refractivity contribution is 7.14. The number of carbonyl (C=O) groups excluding carboxylic acids is 2. The van der Waals surface area contributed by atoms with Crippen molar-refractivity contribution in [2.45, 2.75) is 26.8 Å². The van der Waals surface area contributed by atoms with Crippen molar-refractivity contribution >= 4 is 39.7 Å². The van der Waals surface area contributed by atoms with Gasteiger partial charge in [0.05, 0.1) is 11.4 Å². The summed E-state index contributed by atoms with van der Waals surface area (Å²) in [6.45, 7) is 6.27. The van der Waals surface area contributed by atoms with E-state index in [1.54, 1.807) is 10.3 Å². The molecule has 1 aliphatic rings. The summed E-state index contributed by atoms with van der Waals surface area (Å²) in [7, 11) is 0. The minimum absolute atomic E-state index is 0.151. The van der Waals surface area contributed by atoms with E-state index in [2.05, 4.69) is 29.5 Å². The average Bonchev–Trinajstić information content (AvgIpc) is 3.00. The molecule has 2 amide bonds. The lowest BCUT2D eigenvalue weighted by Gasteiger charge is -2.37. The fourth-order valence-electron chi connectivity index (χ4n) is 2.66. The van der Waals surface area contributed by atoms with Crippen LogP contribution in [0, 0.1) is 5.92 Å². The van der Waals surface area contributed by atoms with Crippen LogP contribution in [0.25, 0.3) is 0 Å². The van der Waals surface area contributed by atoms with Gasteiger partial charge in [0.25, 0.3) is 5.91 Å². The molecule has 1 aromatic carbocycles. The van der Waals surface area contributed by atoms with Gasteiger partial charge in [0, 0.05) is 24.9 Å². The van der Waals surface area contributed by atoms with Crippen LogP contribution in [0.1, 0.15) is 31.3 Å². The number of rotatable bonds is 3. The highest BCUT2D eigenvalue weighted by Gasteiger charge is 2.31. The van der Waals surface area contributed by atoms with Crippen LogP contribution in [-0.2, 0) is 4.79 Å². The van der Waals surface area contributed by atoms with Gasteiger partial charge in [-0.25, -0.2) is 4.98 Å². The van der Waals surface area contributed by atoms with Crippen LogP contribution in [0.4, 0.5) is 16.5 Å². The lowest BCUT2D eigenvalue weighted by Crippen LogP contribution is -2.47. The Morgan fingerprint density at radius 1 is 1.38 bits per heavy atom. The Balaban J connectivity index is 1.90. The van der Waals surface area contributed by atoms with Gasteiger partial charge in [0.1, 0.15) is 5.69 Å². The molecule has 0 bridgehead atoms. The number of aromatic nitrogens is 1. The summed E-state index contributed by atoms with van der Waals surface area (Å²) in [4.78, 5) is 30.1. The number of nitrogens with one attached hydrogen (secondary N) is 2. The van der Waals surface area contributed by atoms with E-state index < -0.39 is 0 Å². The van der Waals surface area contributed by atoms with Crippen molar-refractivity contribution in [3.05, 3.63) is 35.3 Å². The normalized spacial score (nSPS) is 16.5. The first kappa shape index (κ1) is 16.4. The Morgan fingerprint density at radius 2 is 2.12 bits per heavy atom. The Morgan fingerprint density at radius 3 is 2.83 bits per heavy atom. The van der Waals surface area contributed by atoms with E-state index in [-0.39, 0.29) is 17.9 Å². The molecule has 0 saturated carbocycles. The van der Waals surface area contributed by atoms with Crippen molar-refractivity contribution in [3.63, 3.8) is 0 Å². The summed E-state index contributed by atoms with van der Waals surface area (Å²) in [5.74, 6) is 0.0391. The molecule has 0 saturated heterocycles. The molecule has 126 valence electrons. The van der Waals surface area contributed by atoms with E-state index in [1.165, 1.54) is 18.3 Å². The first-order valence-corrected chi connectivity index (χ1v) is 8.74. The van der Waals surface area contributed by atoms with Crippen LogP contribution in [0.2, 0.25) is 0 Å². The Kier molecular flexibility index (Phi) is 4.53. The third-order valence-electron chi connectivity index (χ3n) is 3.97. The van der Waals surface area contributed by atoms with Crippen molar-refractivity contribution in [3.8, 4) is 0 Å². The van der Waals surface area contributed by atoms with Crippen LogP contribution >= 0.6 is 11.3 Å². The number of amides is 2. The number of thiazole rings is 1. The molecule has 1 aliphatic heterocycles. The van der Waals surface area contributed by atoms with Crippen LogP contribution in [0.3, 0.4) is 0 Å². The molecule has 1 atom stereocenters. The molecule has 7 heteroatoms. The third kappa shape index (κ3) is 3.26. The van der Waals surface area contributed by atoms with E-state index in [9.17, 15) is 9.59 Å². The van der Waals surface area contributed by atoms with Crippen LogP contribution < -0.4 is 15.5 Å². The number of hydrogen-bond acceptors (Lipinski definition) is 5. The zero-order chi connectivity index (χ0) is 17.3. The molecule has 2 aromatic rings. The summed E-state index contributed by atoms with van der Waals surface area (Å²) in [6, 6.07) is 7.96. The first-order chi connectivity index (χ1) is 11.5. The largest absolute Gasteiger partial charge is 0.379 e. The summed E-state index contributed by atoms with van der Waals surface area (Å²) in [5.41, 5.74) is 2.16. The van der Waals surface area contributed by atoms with Crippen LogP contribution in [-0.4, -0.2) is 29.4 Å². The predicted molar refractivity (Wildman–Crippen MR) is 96.8 cm³/mol. The van der Waals surface area contributed by atoms with E-state index in [0.29, 0.717) is 23.3 Å². The fraction of sp³-hybridized carbons (Fsp3) is 0.353. The number of carbonyl (C=O) groups is 2. The molecule has 3 rings (SSSR count). The lowest BCUT2D eigenvalue weighted by molar-refractivity contribution is -0.114. The molecule has 0 fully saturated rings. The smallest absolute Gasteiger partial charge is 0.277 e. The second-order valence-corrected chi connectivity index (χ2v) is 7.00. The quantitative estimate of drug-likeness (QED) is 0.897.